The van der Waals surface area contributed by atoms with Crippen LogP contribution in [0.1, 0.15) is 20.3 Å². The van der Waals surface area contributed by atoms with Crippen LogP contribution in [0.4, 0.5) is 0 Å². The van der Waals surface area contributed by atoms with Crippen LogP contribution < -0.4 is 0 Å². The van der Waals surface area contributed by atoms with E-state index in [1.54, 1.807) is 43.8 Å². The second kappa shape index (κ2) is 9.24. The zero-order chi connectivity index (χ0) is 14.8. The van der Waals surface area contributed by atoms with E-state index in [4.69, 9.17) is 9.05 Å². The molecule has 112 valence electrons. The molecule has 0 aliphatic heterocycles. The van der Waals surface area contributed by atoms with Gasteiger partial charge in [-0.3, -0.25) is 4.57 Å². The lowest BCUT2D eigenvalue weighted by Crippen LogP contribution is -1.92. The third-order valence-electron chi connectivity index (χ3n) is 2.31. The highest BCUT2D eigenvalue weighted by atomic mass is 32.2. The summed E-state index contributed by atoms with van der Waals surface area (Å²) in [4.78, 5) is 0.846. The molecule has 0 heterocycles. The maximum Gasteiger partial charge on any atom is 0.353 e. The molecule has 4 nitrogen and oxygen atoms in total. The van der Waals surface area contributed by atoms with Gasteiger partial charge >= 0.3 is 7.60 Å². The predicted molar refractivity (Wildman–Crippen MR) is 83.4 cm³/mol. The van der Waals surface area contributed by atoms with E-state index in [9.17, 15) is 9.67 Å². The van der Waals surface area contributed by atoms with Crippen molar-refractivity contribution in [3.63, 3.8) is 0 Å². The molecule has 0 bridgehead atoms. The fourth-order valence-corrected chi connectivity index (χ4v) is 3.74. The molecule has 0 aliphatic carbocycles. The second-order valence-electron chi connectivity index (χ2n) is 3.87. The van der Waals surface area contributed by atoms with Gasteiger partial charge in [0, 0.05) is 16.5 Å². The Hall–Kier alpha value is -0.740. The van der Waals surface area contributed by atoms with Gasteiger partial charge < -0.3 is 14.2 Å². The molecule has 1 rings (SSSR count). The van der Waals surface area contributed by atoms with Crippen molar-refractivity contribution < 1.29 is 18.7 Å². The Labute approximate surface area is 124 Å². The summed E-state index contributed by atoms with van der Waals surface area (Å²) in [7, 11) is -3.08. The smallest absolute Gasteiger partial charge is 0.353 e. The summed E-state index contributed by atoms with van der Waals surface area (Å²) in [5.41, 5.74) is 0. The van der Waals surface area contributed by atoms with Gasteiger partial charge in [-0.25, -0.2) is 0 Å². The molecule has 0 radical (unpaired) electrons. The Morgan fingerprint density at radius 1 is 1.25 bits per heavy atom. The molecule has 0 atom stereocenters. The lowest BCUT2D eigenvalue weighted by molar-refractivity contribution is 0.229. The first-order chi connectivity index (χ1) is 9.61. The number of rotatable bonds is 9. The molecule has 0 amide bonds. The Morgan fingerprint density at radius 2 is 1.90 bits per heavy atom. The number of hydrogen-bond donors (Lipinski definition) is 1. The van der Waals surface area contributed by atoms with Crippen LogP contribution in [0.3, 0.4) is 0 Å². The number of phenolic OH excluding ortho intramolecular Hbond substituents is 1. The fraction of sp³-hybridized carbons (Fsp3) is 0.429. The van der Waals surface area contributed by atoms with Crippen molar-refractivity contribution in [2.24, 2.45) is 0 Å². The highest BCUT2D eigenvalue weighted by Gasteiger charge is 2.18. The third kappa shape index (κ3) is 6.14. The van der Waals surface area contributed by atoms with Crippen LogP contribution in [-0.2, 0) is 13.6 Å². The van der Waals surface area contributed by atoms with E-state index in [1.807, 2.05) is 12.1 Å². The minimum Gasteiger partial charge on any atom is -0.507 e. The minimum atomic E-state index is -3.08. The van der Waals surface area contributed by atoms with Crippen LogP contribution in [0.15, 0.2) is 41.1 Å². The molecule has 1 aromatic carbocycles. The van der Waals surface area contributed by atoms with Crippen LogP contribution in [0.25, 0.3) is 0 Å². The standard InChI is InChI=1S/C14H21O4PS/c1-3-17-19(16,18-4-2)11-7-8-12-20-14-10-6-5-9-13(14)15/h5-7,9-11,15H,3-4,8,12H2,1-2H3. The van der Waals surface area contributed by atoms with Gasteiger partial charge in [-0.05, 0) is 32.4 Å². The average molecular weight is 316 g/mol. The average Bonchev–Trinajstić information content (AvgIpc) is 2.41. The monoisotopic (exact) mass is 316 g/mol. The summed E-state index contributed by atoms with van der Waals surface area (Å²) in [5, 5.41) is 9.61. The van der Waals surface area contributed by atoms with Crippen LogP contribution in [-0.4, -0.2) is 24.1 Å². The SMILES string of the molecule is CCOP(=O)(C=CCCSc1ccccc1O)OCC. The molecular formula is C14H21O4PS. The highest BCUT2D eigenvalue weighted by Crippen LogP contribution is 2.49. The zero-order valence-electron chi connectivity index (χ0n) is 11.8. The van der Waals surface area contributed by atoms with Gasteiger partial charge in [-0.1, -0.05) is 18.2 Å². The van der Waals surface area contributed by atoms with Crippen LogP contribution in [0, 0.1) is 0 Å². The van der Waals surface area contributed by atoms with E-state index in [1.165, 1.54) is 5.82 Å². The van der Waals surface area contributed by atoms with Crippen molar-refractivity contribution in [3.8, 4) is 5.75 Å². The van der Waals surface area contributed by atoms with E-state index in [2.05, 4.69) is 0 Å². The molecule has 0 unspecified atom stereocenters. The third-order valence-corrected chi connectivity index (χ3v) is 5.22. The minimum absolute atomic E-state index is 0.288. The molecular weight excluding hydrogens is 295 g/mol. The first-order valence-electron chi connectivity index (χ1n) is 6.58. The topological polar surface area (TPSA) is 55.8 Å². The van der Waals surface area contributed by atoms with Crippen molar-refractivity contribution in [1.29, 1.82) is 0 Å². The molecule has 1 aromatic rings. The van der Waals surface area contributed by atoms with Crippen molar-refractivity contribution in [3.05, 3.63) is 36.2 Å². The molecule has 0 fully saturated rings. The Kier molecular flexibility index (Phi) is 8.00. The molecule has 1 N–H and O–H groups in total. The van der Waals surface area contributed by atoms with Crippen LogP contribution >= 0.6 is 19.4 Å². The fourth-order valence-electron chi connectivity index (χ4n) is 1.50. The van der Waals surface area contributed by atoms with E-state index in [0.29, 0.717) is 13.2 Å². The molecule has 6 heteroatoms. The molecule has 0 spiro atoms. The van der Waals surface area contributed by atoms with Gasteiger partial charge in [0.15, 0.2) is 0 Å². The van der Waals surface area contributed by atoms with Gasteiger partial charge in [0.1, 0.15) is 5.75 Å². The van der Waals surface area contributed by atoms with Crippen molar-refractivity contribution in [2.45, 2.75) is 25.2 Å². The highest BCUT2D eigenvalue weighted by molar-refractivity contribution is 7.99. The molecule has 20 heavy (non-hydrogen) atoms. The van der Waals surface area contributed by atoms with Crippen LogP contribution in [0.2, 0.25) is 0 Å². The number of benzene rings is 1. The number of thioether (sulfide) groups is 1. The lowest BCUT2D eigenvalue weighted by Gasteiger charge is -2.12. The van der Waals surface area contributed by atoms with Crippen molar-refractivity contribution >= 4 is 19.4 Å². The normalized spacial score (nSPS) is 12.1. The van der Waals surface area contributed by atoms with Crippen molar-refractivity contribution in [2.75, 3.05) is 19.0 Å². The first kappa shape index (κ1) is 17.3. The van der Waals surface area contributed by atoms with Gasteiger partial charge in [-0.15, -0.1) is 11.8 Å². The maximum absolute atomic E-state index is 12.1. The van der Waals surface area contributed by atoms with E-state index in [0.717, 1.165) is 17.1 Å². The van der Waals surface area contributed by atoms with Gasteiger partial charge in [-0.2, -0.15) is 0 Å². The van der Waals surface area contributed by atoms with E-state index < -0.39 is 7.60 Å². The molecule has 0 aromatic heterocycles. The maximum atomic E-state index is 12.1. The summed E-state index contributed by atoms with van der Waals surface area (Å²) in [6, 6.07) is 7.21. The predicted octanol–water partition coefficient (Wildman–Crippen LogP) is 4.65. The zero-order valence-corrected chi connectivity index (χ0v) is 13.5. The Morgan fingerprint density at radius 3 is 2.50 bits per heavy atom. The van der Waals surface area contributed by atoms with E-state index in [-0.39, 0.29) is 5.75 Å². The first-order valence-corrected chi connectivity index (χ1v) is 9.18. The summed E-state index contributed by atoms with van der Waals surface area (Å²) >= 11 is 1.55. The van der Waals surface area contributed by atoms with E-state index >= 15 is 0 Å². The molecule has 0 saturated carbocycles. The summed E-state index contributed by atoms with van der Waals surface area (Å²) in [5.74, 6) is 2.59. The number of hydrogen-bond acceptors (Lipinski definition) is 5. The molecule has 0 aliphatic rings. The summed E-state index contributed by atoms with van der Waals surface area (Å²) in [6.07, 6.45) is 2.53. The molecule has 0 saturated heterocycles. The number of aromatic hydroxyl groups is 1. The largest absolute Gasteiger partial charge is 0.507 e. The second-order valence-corrected chi connectivity index (χ2v) is 6.90. The number of phenols is 1. The summed E-state index contributed by atoms with van der Waals surface area (Å²) in [6.45, 7) is 4.28. The van der Waals surface area contributed by atoms with Gasteiger partial charge in [0.25, 0.3) is 0 Å². The number of para-hydroxylation sites is 1. The lowest BCUT2D eigenvalue weighted by atomic mass is 10.3. The number of allylic oxidation sites excluding steroid dienone is 1. The summed E-state index contributed by atoms with van der Waals surface area (Å²) < 4.78 is 22.4. The van der Waals surface area contributed by atoms with Crippen LogP contribution in [0.5, 0.6) is 5.75 Å². The van der Waals surface area contributed by atoms with Gasteiger partial charge in [0.2, 0.25) is 0 Å². The van der Waals surface area contributed by atoms with Crippen molar-refractivity contribution in [1.82, 2.24) is 0 Å². The Bertz CT molecular complexity index is 466. The Balaban J connectivity index is 2.41. The quantitative estimate of drug-likeness (QED) is 0.408. The van der Waals surface area contributed by atoms with Gasteiger partial charge in [0.05, 0.1) is 13.2 Å².